The van der Waals surface area contributed by atoms with Crippen molar-refractivity contribution in [1.82, 2.24) is 0 Å². The topological polar surface area (TPSA) is 78.9 Å². The molecule has 0 bridgehead atoms. The Morgan fingerprint density at radius 2 is 0.443 bits per heavy atom. The third-order valence-corrected chi connectivity index (χ3v) is 12.6. The molecule has 0 saturated heterocycles. The Balaban J connectivity index is 4.25. The summed E-state index contributed by atoms with van der Waals surface area (Å²) < 4.78 is 16.8. The van der Waals surface area contributed by atoms with Crippen LogP contribution in [-0.4, -0.2) is 37.2 Å². The van der Waals surface area contributed by atoms with Crippen LogP contribution in [0.25, 0.3) is 0 Å². The molecule has 0 spiro atoms. The summed E-state index contributed by atoms with van der Waals surface area (Å²) in [6.45, 7) is 6.69. The molecule has 0 saturated carbocycles. The van der Waals surface area contributed by atoms with Crippen molar-refractivity contribution in [3.8, 4) is 0 Å². The molecule has 0 radical (unpaired) electrons. The number of hydrogen-bond donors (Lipinski definition) is 0. The molecule has 0 aromatic rings. The highest BCUT2D eigenvalue weighted by molar-refractivity contribution is 5.71. The standard InChI is InChI=1S/C55H106O6/c1-4-7-10-13-16-19-22-24-26-27-29-31-34-36-39-42-45-48-54(57)60-51-52(61-55(58)49-46-43-40-37-32-21-18-15-12-9-6-3)50-59-53(56)47-44-41-38-35-33-30-28-25-23-20-17-14-11-8-5-2/h52H,4-51H2,1-3H3/t52-/m1/s1. The number of carbonyl (C=O) groups excluding carboxylic acids is 3. The third kappa shape index (κ3) is 49.3. The Labute approximate surface area is 380 Å². The average molecular weight is 863 g/mol. The Hall–Kier alpha value is -1.59. The molecular weight excluding hydrogens is 757 g/mol. The highest BCUT2D eigenvalue weighted by atomic mass is 16.6. The predicted molar refractivity (Wildman–Crippen MR) is 261 cm³/mol. The van der Waals surface area contributed by atoms with E-state index in [-0.39, 0.29) is 31.1 Å². The molecule has 61 heavy (non-hydrogen) atoms. The molecule has 0 N–H and O–H groups in total. The van der Waals surface area contributed by atoms with Gasteiger partial charge < -0.3 is 14.2 Å². The molecule has 0 aliphatic rings. The fourth-order valence-corrected chi connectivity index (χ4v) is 8.45. The van der Waals surface area contributed by atoms with E-state index >= 15 is 0 Å². The molecule has 0 heterocycles. The minimum absolute atomic E-state index is 0.0615. The quantitative estimate of drug-likeness (QED) is 0.0344. The van der Waals surface area contributed by atoms with Gasteiger partial charge in [-0.2, -0.15) is 0 Å². The summed E-state index contributed by atoms with van der Waals surface area (Å²) in [6.07, 6.45) is 55.2. The minimum Gasteiger partial charge on any atom is -0.462 e. The van der Waals surface area contributed by atoms with Crippen molar-refractivity contribution in [1.29, 1.82) is 0 Å². The molecule has 0 amide bonds. The molecule has 362 valence electrons. The van der Waals surface area contributed by atoms with Crippen molar-refractivity contribution in [2.24, 2.45) is 0 Å². The van der Waals surface area contributed by atoms with Gasteiger partial charge in [-0.25, -0.2) is 0 Å². The van der Waals surface area contributed by atoms with Gasteiger partial charge in [-0.15, -0.1) is 0 Å². The number of rotatable bonds is 51. The largest absolute Gasteiger partial charge is 0.462 e. The summed E-state index contributed by atoms with van der Waals surface area (Å²) in [4.78, 5) is 38.0. The van der Waals surface area contributed by atoms with E-state index in [9.17, 15) is 14.4 Å². The van der Waals surface area contributed by atoms with Gasteiger partial charge >= 0.3 is 17.9 Å². The molecule has 6 heteroatoms. The lowest BCUT2D eigenvalue weighted by Crippen LogP contribution is -2.30. The maximum Gasteiger partial charge on any atom is 0.306 e. The van der Waals surface area contributed by atoms with Crippen LogP contribution in [0, 0.1) is 0 Å². The van der Waals surface area contributed by atoms with Gasteiger partial charge in [0.15, 0.2) is 6.10 Å². The minimum atomic E-state index is -0.760. The van der Waals surface area contributed by atoms with Gasteiger partial charge in [0.05, 0.1) is 0 Å². The Morgan fingerprint density at radius 3 is 0.656 bits per heavy atom. The van der Waals surface area contributed by atoms with Crippen LogP contribution in [0.1, 0.15) is 316 Å². The normalized spacial score (nSPS) is 11.9. The second-order valence-corrected chi connectivity index (χ2v) is 18.9. The Morgan fingerprint density at radius 1 is 0.262 bits per heavy atom. The summed E-state index contributed by atoms with van der Waals surface area (Å²) in [5.74, 6) is -0.837. The number of carbonyl (C=O) groups is 3. The van der Waals surface area contributed by atoms with Crippen LogP contribution in [0.3, 0.4) is 0 Å². The zero-order valence-electron chi connectivity index (χ0n) is 41.5. The highest BCUT2D eigenvalue weighted by Gasteiger charge is 2.19. The van der Waals surface area contributed by atoms with Crippen molar-refractivity contribution in [2.45, 2.75) is 322 Å². The van der Waals surface area contributed by atoms with E-state index in [2.05, 4.69) is 20.8 Å². The number of esters is 3. The predicted octanol–water partition coefficient (Wildman–Crippen LogP) is 18.0. The van der Waals surface area contributed by atoms with Crippen molar-refractivity contribution in [3.05, 3.63) is 0 Å². The second kappa shape index (κ2) is 51.0. The fraction of sp³-hybridized carbons (Fsp3) is 0.945. The first kappa shape index (κ1) is 59.4. The van der Waals surface area contributed by atoms with E-state index < -0.39 is 6.10 Å². The average Bonchev–Trinajstić information content (AvgIpc) is 3.26. The lowest BCUT2D eigenvalue weighted by atomic mass is 10.0. The lowest BCUT2D eigenvalue weighted by Gasteiger charge is -2.18. The van der Waals surface area contributed by atoms with Gasteiger partial charge in [0.1, 0.15) is 13.2 Å². The monoisotopic (exact) mass is 863 g/mol. The summed E-state index contributed by atoms with van der Waals surface area (Å²) in [7, 11) is 0. The first-order valence-electron chi connectivity index (χ1n) is 27.5. The molecule has 0 fully saturated rings. The Bertz CT molecular complexity index is 905. The first-order valence-corrected chi connectivity index (χ1v) is 27.5. The molecule has 6 nitrogen and oxygen atoms in total. The fourth-order valence-electron chi connectivity index (χ4n) is 8.45. The number of unbranched alkanes of at least 4 members (excludes halogenated alkanes) is 40. The van der Waals surface area contributed by atoms with E-state index in [4.69, 9.17) is 14.2 Å². The van der Waals surface area contributed by atoms with Crippen LogP contribution in [0.5, 0.6) is 0 Å². The summed E-state index contributed by atoms with van der Waals surface area (Å²) >= 11 is 0. The van der Waals surface area contributed by atoms with Gasteiger partial charge in [0, 0.05) is 19.3 Å². The molecule has 0 rings (SSSR count). The molecule has 0 aliphatic carbocycles. The van der Waals surface area contributed by atoms with Crippen LogP contribution < -0.4 is 0 Å². The van der Waals surface area contributed by atoms with Gasteiger partial charge in [0.25, 0.3) is 0 Å². The van der Waals surface area contributed by atoms with Gasteiger partial charge in [-0.05, 0) is 19.3 Å². The molecule has 0 aliphatic heterocycles. The van der Waals surface area contributed by atoms with Crippen LogP contribution in [0.2, 0.25) is 0 Å². The second-order valence-electron chi connectivity index (χ2n) is 18.9. The summed E-state index contributed by atoms with van der Waals surface area (Å²) in [6, 6.07) is 0. The van der Waals surface area contributed by atoms with Crippen LogP contribution in [0.15, 0.2) is 0 Å². The van der Waals surface area contributed by atoms with Gasteiger partial charge in [0.2, 0.25) is 0 Å². The van der Waals surface area contributed by atoms with Crippen molar-refractivity contribution in [3.63, 3.8) is 0 Å². The maximum atomic E-state index is 12.8. The highest BCUT2D eigenvalue weighted by Crippen LogP contribution is 2.17. The lowest BCUT2D eigenvalue weighted by molar-refractivity contribution is -0.167. The Kier molecular flexibility index (Phi) is 49.7. The molecule has 0 aromatic carbocycles. The first-order chi connectivity index (χ1) is 30.0. The van der Waals surface area contributed by atoms with Gasteiger partial charge in [-0.3, -0.25) is 14.4 Å². The van der Waals surface area contributed by atoms with E-state index in [1.165, 1.54) is 218 Å². The number of hydrogen-bond acceptors (Lipinski definition) is 6. The van der Waals surface area contributed by atoms with Crippen LogP contribution in [-0.2, 0) is 28.6 Å². The van der Waals surface area contributed by atoms with E-state index in [0.717, 1.165) is 57.8 Å². The maximum absolute atomic E-state index is 12.8. The smallest absolute Gasteiger partial charge is 0.306 e. The van der Waals surface area contributed by atoms with Crippen LogP contribution in [0.4, 0.5) is 0 Å². The molecule has 1 atom stereocenters. The third-order valence-electron chi connectivity index (χ3n) is 12.6. The van der Waals surface area contributed by atoms with Crippen molar-refractivity contribution < 1.29 is 28.6 Å². The van der Waals surface area contributed by atoms with E-state index in [1.807, 2.05) is 0 Å². The van der Waals surface area contributed by atoms with Crippen molar-refractivity contribution in [2.75, 3.05) is 13.2 Å². The zero-order valence-corrected chi connectivity index (χ0v) is 41.5. The molecule has 0 unspecified atom stereocenters. The zero-order chi connectivity index (χ0) is 44.4. The molecular formula is C55H106O6. The molecule has 0 aromatic heterocycles. The van der Waals surface area contributed by atoms with E-state index in [1.54, 1.807) is 0 Å². The van der Waals surface area contributed by atoms with E-state index in [0.29, 0.717) is 19.3 Å². The SMILES string of the molecule is CCCCCCCCCCCCCCCCCCCC(=O)OC[C@@H](COC(=O)CCCCCCCCCCCCCCCCC)OC(=O)CCCCCCCCCCCCC. The van der Waals surface area contributed by atoms with Gasteiger partial charge in [-0.1, -0.05) is 278 Å². The summed E-state index contributed by atoms with van der Waals surface area (Å²) in [5.41, 5.74) is 0. The van der Waals surface area contributed by atoms with Crippen LogP contribution >= 0.6 is 0 Å². The number of ether oxygens (including phenoxy) is 3. The summed E-state index contributed by atoms with van der Waals surface area (Å²) in [5, 5.41) is 0. The van der Waals surface area contributed by atoms with Crippen molar-refractivity contribution >= 4 is 17.9 Å².